The normalized spacial score (nSPS) is 11.3. The summed E-state index contributed by atoms with van der Waals surface area (Å²) < 4.78 is 4.53. The van der Waals surface area contributed by atoms with E-state index in [1.165, 1.54) is 10.8 Å². The molecule has 0 spiro atoms. The molecule has 0 radical (unpaired) electrons. The molecule has 48 heavy (non-hydrogen) atoms. The highest BCUT2D eigenvalue weighted by Gasteiger charge is 2.18. The van der Waals surface area contributed by atoms with Crippen LogP contribution in [0.25, 0.3) is 77.2 Å². The van der Waals surface area contributed by atoms with E-state index in [2.05, 4.69) is 130 Å². The van der Waals surface area contributed by atoms with E-state index in [0.717, 1.165) is 66.5 Å². The molecule has 0 bridgehead atoms. The van der Waals surface area contributed by atoms with Crippen molar-refractivity contribution in [2.24, 2.45) is 0 Å². The molecule has 0 aliphatic carbocycles. The third-order valence-corrected chi connectivity index (χ3v) is 9.39. The van der Waals surface area contributed by atoms with E-state index in [9.17, 15) is 10.5 Å². The van der Waals surface area contributed by atoms with E-state index < -0.39 is 0 Å². The molecular weight excluding hydrogens is 585 g/mol. The molecule has 4 nitrogen and oxygen atoms in total. The summed E-state index contributed by atoms with van der Waals surface area (Å²) in [5.74, 6) is 0. The largest absolute Gasteiger partial charge is 0.309 e. The van der Waals surface area contributed by atoms with Crippen LogP contribution < -0.4 is 0 Å². The van der Waals surface area contributed by atoms with Gasteiger partial charge in [0.2, 0.25) is 0 Å². The van der Waals surface area contributed by atoms with Crippen LogP contribution in [0.1, 0.15) is 11.1 Å². The molecule has 0 fully saturated rings. The van der Waals surface area contributed by atoms with Crippen LogP contribution in [0, 0.1) is 22.7 Å². The van der Waals surface area contributed by atoms with Crippen molar-refractivity contribution < 1.29 is 0 Å². The zero-order valence-corrected chi connectivity index (χ0v) is 25.8. The van der Waals surface area contributed by atoms with Gasteiger partial charge < -0.3 is 9.13 Å². The maximum absolute atomic E-state index is 10.5. The molecule has 222 valence electrons. The Kier molecular flexibility index (Phi) is 6.22. The smallest absolute Gasteiger partial charge is 0.0998 e. The van der Waals surface area contributed by atoms with Crippen molar-refractivity contribution in [3.63, 3.8) is 0 Å². The van der Waals surface area contributed by atoms with Crippen LogP contribution in [0.4, 0.5) is 0 Å². The first-order chi connectivity index (χ1) is 23.7. The molecule has 0 atom stereocenters. The molecule has 0 saturated heterocycles. The SMILES string of the molecule is N#Cc1ccc2c3ccccc3n(-c3ccccc3-c3ccc(-c4cccc(-n5c6ccccc6c6ccccc65)c4)c(C#N)c3)c2c1. The molecule has 0 amide bonds. The summed E-state index contributed by atoms with van der Waals surface area (Å²) in [5.41, 5.74) is 11.4. The Morgan fingerprint density at radius 2 is 1.00 bits per heavy atom. The van der Waals surface area contributed by atoms with Gasteiger partial charge in [0.05, 0.1) is 51.0 Å². The second-order valence-electron chi connectivity index (χ2n) is 12.0. The van der Waals surface area contributed by atoms with Crippen LogP contribution in [0.5, 0.6) is 0 Å². The summed E-state index contributed by atoms with van der Waals surface area (Å²) in [6, 6.07) is 58.9. The zero-order valence-electron chi connectivity index (χ0n) is 25.8. The Labute approximate surface area is 277 Å². The first-order valence-electron chi connectivity index (χ1n) is 15.9. The summed E-state index contributed by atoms with van der Waals surface area (Å²) in [6.07, 6.45) is 0. The van der Waals surface area contributed by atoms with Crippen molar-refractivity contribution in [1.29, 1.82) is 10.5 Å². The monoisotopic (exact) mass is 610 g/mol. The minimum Gasteiger partial charge on any atom is -0.309 e. The van der Waals surface area contributed by atoms with Crippen LogP contribution in [-0.2, 0) is 0 Å². The lowest BCUT2D eigenvalue weighted by molar-refractivity contribution is 1.18. The van der Waals surface area contributed by atoms with Crippen molar-refractivity contribution in [2.75, 3.05) is 0 Å². The fraction of sp³-hybridized carbons (Fsp3) is 0. The maximum Gasteiger partial charge on any atom is 0.0998 e. The van der Waals surface area contributed by atoms with Gasteiger partial charge in [-0.15, -0.1) is 0 Å². The highest BCUT2D eigenvalue weighted by atomic mass is 15.0. The van der Waals surface area contributed by atoms with Gasteiger partial charge in [-0.1, -0.05) is 103 Å². The van der Waals surface area contributed by atoms with Gasteiger partial charge in [-0.3, -0.25) is 0 Å². The first-order valence-corrected chi connectivity index (χ1v) is 15.9. The van der Waals surface area contributed by atoms with E-state index in [1.54, 1.807) is 0 Å². The molecule has 9 rings (SSSR count). The molecule has 0 aliphatic rings. The topological polar surface area (TPSA) is 57.4 Å². The molecule has 2 aromatic heterocycles. The van der Waals surface area contributed by atoms with Gasteiger partial charge in [0.25, 0.3) is 0 Å². The Balaban J connectivity index is 1.20. The fourth-order valence-electron chi connectivity index (χ4n) is 7.28. The number of rotatable bonds is 4. The quantitative estimate of drug-likeness (QED) is 0.199. The number of para-hydroxylation sites is 4. The van der Waals surface area contributed by atoms with Crippen LogP contribution in [0.2, 0.25) is 0 Å². The van der Waals surface area contributed by atoms with Crippen molar-refractivity contribution in [1.82, 2.24) is 9.13 Å². The van der Waals surface area contributed by atoms with Crippen molar-refractivity contribution in [3.8, 4) is 45.8 Å². The van der Waals surface area contributed by atoms with Gasteiger partial charge in [0, 0.05) is 32.8 Å². The number of nitrogens with zero attached hydrogens (tertiary/aromatic N) is 4. The van der Waals surface area contributed by atoms with Crippen LogP contribution in [0.15, 0.2) is 158 Å². The van der Waals surface area contributed by atoms with Crippen LogP contribution in [0.3, 0.4) is 0 Å². The Hall–Kier alpha value is -6.88. The molecular formula is C44H26N4. The summed E-state index contributed by atoms with van der Waals surface area (Å²) >= 11 is 0. The Morgan fingerprint density at radius 3 is 1.69 bits per heavy atom. The minimum absolute atomic E-state index is 0.607. The van der Waals surface area contributed by atoms with Gasteiger partial charge in [-0.2, -0.15) is 10.5 Å². The van der Waals surface area contributed by atoms with E-state index >= 15 is 0 Å². The Morgan fingerprint density at radius 1 is 0.396 bits per heavy atom. The zero-order chi connectivity index (χ0) is 32.2. The van der Waals surface area contributed by atoms with E-state index in [0.29, 0.717) is 11.1 Å². The third-order valence-electron chi connectivity index (χ3n) is 9.39. The molecule has 7 aromatic carbocycles. The van der Waals surface area contributed by atoms with Crippen molar-refractivity contribution >= 4 is 43.6 Å². The lowest BCUT2D eigenvalue weighted by atomic mass is 9.94. The van der Waals surface area contributed by atoms with Gasteiger partial charge in [0.15, 0.2) is 0 Å². The molecule has 4 heteroatoms. The highest BCUT2D eigenvalue weighted by molar-refractivity contribution is 6.10. The first kappa shape index (κ1) is 27.4. The fourth-order valence-corrected chi connectivity index (χ4v) is 7.28. The van der Waals surface area contributed by atoms with Gasteiger partial charge in [-0.25, -0.2) is 0 Å². The van der Waals surface area contributed by atoms with Crippen molar-refractivity contribution in [2.45, 2.75) is 0 Å². The minimum atomic E-state index is 0.607. The van der Waals surface area contributed by atoms with Crippen molar-refractivity contribution in [3.05, 3.63) is 169 Å². The van der Waals surface area contributed by atoms with E-state index in [1.807, 2.05) is 48.5 Å². The molecule has 0 saturated carbocycles. The van der Waals surface area contributed by atoms with Gasteiger partial charge in [-0.05, 0) is 71.3 Å². The van der Waals surface area contributed by atoms with Crippen LogP contribution >= 0.6 is 0 Å². The second kappa shape index (κ2) is 10.9. The number of aromatic nitrogens is 2. The predicted molar refractivity (Wildman–Crippen MR) is 195 cm³/mol. The second-order valence-corrected chi connectivity index (χ2v) is 12.0. The van der Waals surface area contributed by atoms with Crippen LogP contribution in [-0.4, -0.2) is 9.13 Å². The van der Waals surface area contributed by atoms with Gasteiger partial charge >= 0.3 is 0 Å². The van der Waals surface area contributed by atoms with Gasteiger partial charge in [0.1, 0.15) is 0 Å². The van der Waals surface area contributed by atoms with E-state index in [-0.39, 0.29) is 0 Å². The maximum atomic E-state index is 10.5. The highest BCUT2D eigenvalue weighted by Crippen LogP contribution is 2.38. The Bertz CT molecular complexity index is 2760. The average molecular weight is 611 g/mol. The summed E-state index contributed by atoms with van der Waals surface area (Å²) in [6.45, 7) is 0. The summed E-state index contributed by atoms with van der Waals surface area (Å²) in [5, 5.41) is 24.9. The number of nitriles is 2. The number of benzene rings is 7. The number of hydrogen-bond donors (Lipinski definition) is 0. The number of fused-ring (bicyclic) bond motifs is 6. The lowest BCUT2D eigenvalue weighted by Gasteiger charge is -2.15. The number of hydrogen-bond acceptors (Lipinski definition) is 2. The molecule has 0 N–H and O–H groups in total. The molecule has 0 aliphatic heterocycles. The molecule has 2 heterocycles. The summed E-state index contributed by atoms with van der Waals surface area (Å²) in [4.78, 5) is 0. The molecule has 9 aromatic rings. The third kappa shape index (κ3) is 4.14. The van der Waals surface area contributed by atoms with E-state index in [4.69, 9.17) is 0 Å². The lowest BCUT2D eigenvalue weighted by Crippen LogP contribution is -1.98. The predicted octanol–water partition coefficient (Wildman–Crippen LogP) is 11.0. The molecule has 0 unspecified atom stereocenters. The summed E-state index contributed by atoms with van der Waals surface area (Å²) in [7, 11) is 0. The average Bonchev–Trinajstić information content (AvgIpc) is 3.67. The standard InChI is InChI=1S/C44H26N4/c45-27-29-20-22-39-38-15-4-8-19-43(38)48(44(39)24-29)40-16-5-1-12-35(40)31-21-23-34(32(25-31)28-46)30-10-9-11-33(26-30)47-41-17-6-2-13-36(41)37-14-3-7-18-42(37)47/h1-26H.